The van der Waals surface area contributed by atoms with E-state index in [2.05, 4.69) is 15.4 Å². The molecule has 1 fully saturated rings. The summed E-state index contributed by atoms with van der Waals surface area (Å²) in [5.41, 5.74) is 0. The Morgan fingerprint density at radius 2 is 2.50 bits per heavy atom. The quantitative estimate of drug-likeness (QED) is 0.656. The first-order chi connectivity index (χ1) is 5.77. The van der Waals surface area contributed by atoms with Gasteiger partial charge in [-0.2, -0.15) is 5.10 Å². The molecule has 0 bridgehead atoms. The Hall–Kier alpha value is -1.39. The van der Waals surface area contributed by atoms with Crippen molar-refractivity contribution in [3.63, 3.8) is 0 Å². The van der Waals surface area contributed by atoms with Crippen LogP contribution in [0.15, 0.2) is 6.33 Å². The van der Waals surface area contributed by atoms with Crippen LogP contribution in [0.4, 0.5) is 0 Å². The third-order valence-corrected chi connectivity index (χ3v) is 1.83. The fourth-order valence-corrected chi connectivity index (χ4v) is 0.979. The molecule has 1 amide bonds. The minimum Gasteiger partial charge on any atom is -0.347 e. The molecule has 0 spiro atoms. The van der Waals surface area contributed by atoms with Crippen LogP contribution >= 0.6 is 0 Å². The van der Waals surface area contributed by atoms with Crippen molar-refractivity contribution in [2.45, 2.75) is 18.9 Å². The summed E-state index contributed by atoms with van der Waals surface area (Å²) in [7, 11) is 1.70. The van der Waals surface area contributed by atoms with E-state index in [1.807, 2.05) is 0 Å². The molecule has 12 heavy (non-hydrogen) atoms. The lowest BCUT2D eigenvalue weighted by molar-refractivity contribution is 0.0936. The fraction of sp³-hybridized carbons (Fsp3) is 0.571. The average molecular weight is 166 g/mol. The van der Waals surface area contributed by atoms with Gasteiger partial charge in [-0.1, -0.05) is 0 Å². The molecular weight excluding hydrogens is 156 g/mol. The van der Waals surface area contributed by atoms with Gasteiger partial charge in [0.2, 0.25) is 5.82 Å². The first kappa shape index (κ1) is 7.27. The Morgan fingerprint density at radius 1 is 1.75 bits per heavy atom. The van der Waals surface area contributed by atoms with Gasteiger partial charge in [0.25, 0.3) is 5.91 Å². The number of rotatable bonds is 2. The maximum atomic E-state index is 11.3. The van der Waals surface area contributed by atoms with Crippen LogP contribution in [0.1, 0.15) is 23.5 Å². The number of amides is 1. The topological polar surface area (TPSA) is 59.8 Å². The van der Waals surface area contributed by atoms with Crippen molar-refractivity contribution in [1.82, 2.24) is 20.1 Å². The molecule has 64 valence electrons. The Labute approximate surface area is 69.8 Å². The highest BCUT2D eigenvalue weighted by Gasteiger charge is 2.25. The summed E-state index contributed by atoms with van der Waals surface area (Å²) in [5, 5.41) is 6.64. The molecular formula is C7H10N4O. The number of nitrogens with zero attached hydrogens (tertiary/aromatic N) is 3. The number of hydrogen-bond acceptors (Lipinski definition) is 3. The van der Waals surface area contributed by atoms with Crippen LogP contribution in [-0.4, -0.2) is 26.7 Å². The summed E-state index contributed by atoms with van der Waals surface area (Å²) < 4.78 is 1.47. The minimum absolute atomic E-state index is 0.127. The first-order valence-electron chi connectivity index (χ1n) is 3.92. The Bertz CT molecular complexity index is 302. The second-order valence-electron chi connectivity index (χ2n) is 2.95. The molecule has 0 atom stereocenters. The number of aryl methyl sites for hydroxylation is 1. The van der Waals surface area contributed by atoms with Gasteiger partial charge in [0, 0.05) is 13.1 Å². The van der Waals surface area contributed by atoms with E-state index in [1.165, 1.54) is 11.0 Å². The van der Waals surface area contributed by atoms with Crippen LogP contribution in [-0.2, 0) is 7.05 Å². The van der Waals surface area contributed by atoms with Crippen LogP contribution in [0.2, 0.25) is 0 Å². The molecule has 0 saturated heterocycles. The highest BCUT2D eigenvalue weighted by molar-refractivity contribution is 5.90. The van der Waals surface area contributed by atoms with Crippen LogP contribution in [0.3, 0.4) is 0 Å². The standard InChI is InChI=1S/C7H10N4O/c1-11-6(8-4-9-11)7(12)10-5-2-3-5/h4-5H,2-3H2,1H3,(H,10,12). The van der Waals surface area contributed by atoms with Gasteiger partial charge in [-0.15, -0.1) is 0 Å². The summed E-state index contributed by atoms with van der Waals surface area (Å²) in [6, 6.07) is 0.370. The van der Waals surface area contributed by atoms with E-state index in [-0.39, 0.29) is 5.91 Å². The van der Waals surface area contributed by atoms with E-state index in [1.54, 1.807) is 7.05 Å². The summed E-state index contributed by atoms with van der Waals surface area (Å²) in [4.78, 5) is 15.2. The van der Waals surface area contributed by atoms with Gasteiger partial charge in [0.15, 0.2) is 0 Å². The third-order valence-electron chi connectivity index (χ3n) is 1.83. The molecule has 5 nitrogen and oxygen atoms in total. The average Bonchev–Trinajstić information content (AvgIpc) is 2.72. The summed E-state index contributed by atoms with van der Waals surface area (Å²) in [5.74, 6) is 0.249. The second-order valence-corrected chi connectivity index (χ2v) is 2.95. The van der Waals surface area contributed by atoms with E-state index in [4.69, 9.17) is 0 Å². The molecule has 1 N–H and O–H groups in total. The van der Waals surface area contributed by atoms with Gasteiger partial charge in [0.05, 0.1) is 0 Å². The molecule has 1 aliphatic rings. The van der Waals surface area contributed by atoms with Crippen molar-refractivity contribution in [1.29, 1.82) is 0 Å². The van der Waals surface area contributed by atoms with E-state index in [0.717, 1.165) is 12.8 Å². The van der Waals surface area contributed by atoms with Crippen molar-refractivity contribution in [3.05, 3.63) is 12.2 Å². The van der Waals surface area contributed by atoms with Gasteiger partial charge in [-0.05, 0) is 12.8 Å². The number of carbonyl (C=O) groups is 1. The maximum absolute atomic E-state index is 11.3. The predicted octanol–water partition coefficient (Wildman–Crippen LogP) is -0.293. The monoisotopic (exact) mass is 166 g/mol. The lowest BCUT2D eigenvalue weighted by Gasteiger charge is -2.00. The highest BCUT2D eigenvalue weighted by atomic mass is 16.2. The van der Waals surface area contributed by atoms with Crippen LogP contribution < -0.4 is 5.32 Å². The zero-order chi connectivity index (χ0) is 8.55. The summed E-state index contributed by atoms with van der Waals surface area (Å²) in [6.07, 6.45) is 3.55. The first-order valence-corrected chi connectivity index (χ1v) is 3.92. The lowest BCUT2D eigenvalue weighted by atomic mass is 10.5. The minimum atomic E-state index is -0.127. The van der Waals surface area contributed by atoms with E-state index < -0.39 is 0 Å². The summed E-state index contributed by atoms with van der Waals surface area (Å²) >= 11 is 0. The Morgan fingerprint density at radius 3 is 3.00 bits per heavy atom. The number of hydrogen-bond donors (Lipinski definition) is 1. The third kappa shape index (κ3) is 1.30. The van der Waals surface area contributed by atoms with Crippen LogP contribution in [0.25, 0.3) is 0 Å². The molecule has 0 unspecified atom stereocenters. The Balaban J connectivity index is 2.07. The molecule has 1 aromatic rings. The zero-order valence-corrected chi connectivity index (χ0v) is 6.82. The van der Waals surface area contributed by atoms with Crippen molar-refractivity contribution >= 4 is 5.91 Å². The van der Waals surface area contributed by atoms with Gasteiger partial charge >= 0.3 is 0 Å². The van der Waals surface area contributed by atoms with Crippen LogP contribution in [0, 0.1) is 0 Å². The maximum Gasteiger partial charge on any atom is 0.289 e. The van der Waals surface area contributed by atoms with Gasteiger partial charge in [0.1, 0.15) is 6.33 Å². The van der Waals surface area contributed by atoms with Crippen molar-refractivity contribution in [2.75, 3.05) is 0 Å². The number of carbonyl (C=O) groups excluding carboxylic acids is 1. The smallest absolute Gasteiger partial charge is 0.289 e. The van der Waals surface area contributed by atoms with Gasteiger partial charge < -0.3 is 5.32 Å². The van der Waals surface area contributed by atoms with Crippen molar-refractivity contribution in [3.8, 4) is 0 Å². The highest BCUT2D eigenvalue weighted by Crippen LogP contribution is 2.18. The number of aromatic nitrogens is 3. The van der Waals surface area contributed by atoms with Gasteiger partial charge in [-0.3, -0.25) is 4.79 Å². The lowest BCUT2D eigenvalue weighted by Crippen LogP contribution is -2.28. The molecule has 1 aliphatic carbocycles. The second kappa shape index (κ2) is 2.58. The Kier molecular flexibility index (Phi) is 1.56. The van der Waals surface area contributed by atoms with Crippen molar-refractivity contribution in [2.24, 2.45) is 7.05 Å². The van der Waals surface area contributed by atoms with E-state index in [9.17, 15) is 4.79 Å². The molecule has 5 heteroatoms. The molecule has 0 radical (unpaired) electrons. The van der Waals surface area contributed by atoms with Crippen molar-refractivity contribution < 1.29 is 4.79 Å². The molecule has 1 heterocycles. The van der Waals surface area contributed by atoms with Crippen LogP contribution in [0.5, 0.6) is 0 Å². The predicted molar refractivity (Wildman–Crippen MR) is 41.5 cm³/mol. The largest absolute Gasteiger partial charge is 0.347 e. The van der Waals surface area contributed by atoms with Gasteiger partial charge in [-0.25, -0.2) is 9.67 Å². The van der Waals surface area contributed by atoms with E-state index in [0.29, 0.717) is 11.9 Å². The molecule has 0 aromatic carbocycles. The molecule has 1 aromatic heterocycles. The van der Waals surface area contributed by atoms with E-state index >= 15 is 0 Å². The molecule has 0 aliphatic heterocycles. The molecule has 2 rings (SSSR count). The fourth-order valence-electron chi connectivity index (χ4n) is 0.979. The normalized spacial score (nSPS) is 16.1. The summed E-state index contributed by atoms with van der Waals surface area (Å²) in [6.45, 7) is 0. The SMILES string of the molecule is Cn1ncnc1C(=O)NC1CC1. The number of nitrogens with one attached hydrogen (secondary N) is 1. The zero-order valence-electron chi connectivity index (χ0n) is 6.82. The molecule has 1 saturated carbocycles.